The SMILES string of the molecule is CC1=CC2=NC(Nc3ccc(C)c(C)c3)=C(C)NCC2C=C1. The van der Waals surface area contributed by atoms with Crippen LogP contribution in [-0.4, -0.2) is 12.3 Å². The predicted molar refractivity (Wildman–Crippen MR) is 94.1 cm³/mol. The summed E-state index contributed by atoms with van der Waals surface area (Å²) >= 11 is 0. The number of rotatable bonds is 2. The van der Waals surface area contributed by atoms with Gasteiger partial charge in [-0.2, -0.15) is 0 Å². The standard InChI is InChI=1S/C19H23N3/c1-12-5-7-16-11-20-15(4)19(22-18(16)9-12)21-17-8-6-13(2)14(3)10-17/h5-10,16,20-21H,11H2,1-4H3. The van der Waals surface area contributed by atoms with Crippen molar-refractivity contribution in [1.82, 2.24) is 5.32 Å². The second kappa shape index (κ2) is 5.84. The summed E-state index contributed by atoms with van der Waals surface area (Å²) in [6, 6.07) is 6.41. The number of benzene rings is 1. The molecular formula is C19H23N3. The van der Waals surface area contributed by atoms with Gasteiger partial charge in [0, 0.05) is 18.2 Å². The molecule has 0 spiro atoms. The summed E-state index contributed by atoms with van der Waals surface area (Å²) in [7, 11) is 0. The minimum atomic E-state index is 0.345. The summed E-state index contributed by atoms with van der Waals surface area (Å²) in [5.41, 5.74) is 7.12. The smallest absolute Gasteiger partial charge is 0.149 e. The molecule has 114 valence electrons. The van der Waals surface area contributed by atoms with Crippen LogP contribution in [0.2, 0.25) is 0 Å². The summed E-state index contributed by atoms with van der Waals surface area (Å²) in [5.74, 6) is 1.25. The van der Waals surface area contributed by atoms with Gasteiger partial charge < -0.3 is 10.6 Å². The van der Waals surface area contributed by atoms with Gasteiger partial charge in [-0.25, -0.2) is 4.99 Å². The van der Waals surface area contributed by atoms with Crippen LogP contribution < -0.4 is 10.6 Å². The normalized spacial score (nSPS) is 20.6. The van der Waals surface area contributed by atoms with E-state index in [2.05, 4.69) is 74.8 Å². The monoisotopic (exact) mass is 293 g/mol. The van der Waals surface area contributed by atoms with Crippen LogP contribution in [0, 0.1) is 19.8 Å². The van der Waals surface area contributed by atoms with Crippen LogP contribution in [0.1, 0.15) is 25.0 Å². The van der Waals surface area contributed by atoms with Gasteiger partial charge in [0.2, 0.25) is 0 Å². The zero-order chi connectivity index (χ0) is 15.7. The van der Waals surface area contributed by atoms with Gasteiger partial charge in [0.05, 0.1) is 11.4 Å². The van der Waals surface area contributed by atoms with Crippen molar-refractivity contribution in [3.8, 4) is 0 Å². The van der Waals surface area contributed by atoms with Crippen LogP contribution in [0.3, 0.4) is 0 Å². The second-order valence-electron chi connectivity index (χ2n) is 6.17. The molecule has 0 bridgehead atoms. The Morgan fingerprint density at radius 3 is 2.73 bits per heavy atom. The molecule has 22 heavy (non-hydrogen) atoms. The number of anilines is 1. The van der Waals surface area contributed by atoms with Crippen LogP contribution >= 0.6 is 0 Å². The maximum atomic E-state index is 4.87. The molecule has 2 aliphatic rings. The van der Waals surface area contributed by atoms with Crippen LogP contribution in [-0.2, 0) is 0 Å². The predicted octanol–water partition coefficient (Wildman–Crippen LogP) is 4.08. The molecule has 0 radical (unpaired) electrons. The number of nitrogens with one attached hydrogen (secondary N) is 2. The molecule has 3 rings (SSSR count). The van der Waals surface area contributed by atoms with Crippen molar-refractivity contribution in [2.24, 2.45) is 10.9 Å². The topological polar surface area (TPSA) is 36.4 Å². The van der Waals surface area contributed by atoms with E-state index >= 15 is 0 Å². The molecule has 0 fully saturated rings. The molecule has 3 heteroatoms. The van der Waals surface area contributed by atoms with Crippen molar-refractivity contribution >= 4 is 11.4 Å². The van der Waals surface area contributed by atoms with Crippen molar-refractivity contribution in [2.45, 2.75) is 27.7 Å². The highest BCUT2D eigenvalue weighted by Gasteiger charge is 2.19. The molecule has 1 aliphatic carbocycles. The lowest BCUT2D eigenvalue weighted by Crippen LogP contribution is -2.24. The Labute approximate surface area is 132 Å². The number of fused-ring (bicyclic) bond motifs is 1. The van der Waals surface area contributed by atoms with Gasteiger partial charge in [-0.3, -0.25) is 0 Å². The lowest BCUT2D eigenvalue weighted by atomic mass is 9.95. The molecule has 1 atom stereocenters. The highest BCUT2D eigenvalue weighted by Crippen LogP contribution is 2.22. The third-order valence-electron chi connectivity index (χ3n) is 4.30. The van der Waals surface area contributed by atoms with Crippen molar-refractivity contribution in [3.05, 3.63) is 64.6 Å². The van der Waals surface area contributed by atoms with Crippen LogP contribution in [0.25, 0.3) is 0 Å². The molecule has 1 aromatic carbocycles. The maximum Gasteiger partial charge on any atom is 0.149 e. The fourth-order valence-corrected chi connectivity index (χ4v) is 2.68. The van der Waals surface area contributed by atoms with Gasteiger partial charge >= 0.3 is 0 Å². The number of hydrogen-bond acceptors (Lipinski definition) is 3. The molecule has 3 nitrogen and oxygen atoms in total. The first-order chi connectivity index (χ1) is 10.5. The lowest BCUT2D eigenvalue weighted by Gasteiger charge is -2.15. The Balaban J connectivity index is 1.92. The molecule has 0 saturated heterocycles. The molecular weight excluding hydrogens is 270 g/mol. The van der Waals surface area contributed by atoms with E-state index in [0.717, 1.165) is 29.5 Å². The minimum Gasteiger partial charge on any atom is -0.385 e. The van der Waals surface area contributed by atoms with Gasteiger partial charge in [-0.15, -0.1) is 0 Å². The van der Waals surface area contributed by atoms with Crippen LogP contribution in [0.5, 0.6) is 0 Å². The lowest BCUT2D eigenvalue weighted by molar-refractivity contribution is 0.733. The van der Waals surface area contributed by atoms with Gasteiger partial charge in [-0.05, 0) is 62.6 Å². The van der Waals surface area contributed by atoms with Gasteiger partial charge in [0.15, 0.2) is 0 Å². The average molecular weight is 293 g/mol. The largest absolute Gasteiger partial charge is 0.385 e. The second-order valence-corrected chi connectivity index (χ2v) is 6.17. The van der Waals surface area contributed by atoms with Crippen LogP contribution in [0.4, 0.5) is 5.69 Å². The molecule has 1 aliphatic heterocycles. The third kappa shape index (κ3) is 2.98. The number of aryl methyl sites for hydroxylation is 2. The van der Waals surface area contributed by atoms with E-state index in [9.17, 15) is 0 Å². The zero-order valence-corrected chi connectivity index (χ0v) is 13.7. The van der Waals surface area contributed by atoms with E-state index in [-0.39, 0.29) is 0 Å². The highest BCUT2D eigenvalue weighted by molar-refractivity contribution is 6.01. The number of nitrogens with zero attached hydrogens (tertiary/aromatic N) is 1. The number of allylic oxidation sites excluding steroid dienone is 4. The van der Waals surface area contributed by atoms with Gasteiger partial charge in [0.1, 0.15) is 5.82 Å². The summed E-state index contributed by atoms with van der Waals surface area (Å²) in [6.07, 6.45) is 6.57. The third-order valence-corrected chi connectivity index (χ3v) is 4.30. The van der Waals surface area contributed by atoms with E-state index < -0.39 is 0 Å². The summed E-state index contributed by atoms with van der Waals surface area (Å²) in [5, 5.41) is 6.94. The Kier molecular flexibility index (Phi) is 3.88. The first-order valence-corrected chi connectivity index (χ1v) is 7.77. The summed E-state index contributed by atoms with van der Waals surface area (Å²) in [4.78, 5) is 4.87. The van der Waals surface area contributed by atoms with E-state index in [0.29, 0.717) is 5.92 Å². The Morgan fingerprint density at radius 2 is 1.95 bits per heavy atom. The fourth-order valence-electron chi connectivity index (χ4n) is 2.68. The van der Waals surface area contributed by atoms with E-state index in [1.807, 2.05) is 0 Å². The van der Waals surface area contributed by atoms with Gasteiger partial charge in [-0.1, -0.05) is 18.2 Å². The molecule has 1 heterocycles. The summed E-state index contributed by atoms with van der Waals surface area (Å²) < 4.78 is 0. The Morgan fingerprint density at radius 1 is 1.14 bits per heavy atom. The maximum absolute atomic E-state index is 4.87. The van der Waals surface area contributed by atoms with E-state index in [4.69, 9.17) is 4.99 Å². The number of aliphatic imine (C=N–C) groups is 1. The highest BCUT2D eigenvalue weighted by atomic mass is 15.1. The van der Waals surface area contributed by atoms with Crippen molar-refractivity contribution in [3.63, 3.8) is 0 Å². The fraction of sp³-hybridized carbons (Fsp3) is 0.316. The Hall–Kier alpha value is -2.29. The molecule has 0 amide bonds. The molecule has 1 unspecified atom stereocenters. The minimum absolute atomic E-state index is 0.345. The van der Waals surface area contributed by atoms with Crippen LogP contribution in [0.15, 0.2) is 58.5 Å². The van der Waals surface area contributed by atoms with Crippen molar-refractivity contribution < 1.29 is 0 Å². The molecule has 0 saturated carbocycles. The molecule has 0 aromatic heterocycles. The summed E-state index contributed by atoms with van der Waals surface area (Å²) in [6.45, 7) is 9.34. The first kappa shape index (κ1) is 14.6. The van der Waals surface area contributed by atoms with Crippen molar-refractivity contribution in [1.29, 1.82) is 0 Å². The quantitative estimate of drug-likeness (QED) is 0.862. The van der Waals surface area contributed by atoms with E-state index in [1.54, 1.807) is 0 Å². The number of hydrogen-bond donors (Lipinski definition) is 2. The van der Waals surface area contributed by atoms with Gasteiger partial charge in [0.25, 0.3) is 0 Å². The Bertz CT molecular complexity index is 720. The first-order valence-electron chi connectivity index (χ1n) is 7.77. The zero-order valence-electron chi connectivity index (χ0n) is 13.7. The molecule has 1 aromatic rings. The molecule has 2 N–H and O–H groups in total. The van der Waals surface area contributed by atoms with E-state index in [1.165, 1.54) is 16.7 Å². The average Bonchev–Trinajstić information content (AvgIpc) is 2.63. The van der Waals surface area contributed by atoms with Crippen molar-refractivity contribution in [2.75, 3.05) is 11.9 Å².